The number of benzene rings is 1. The number of aryl methyl sites for hydroxylation is 1. The van der Waals surface area contributed by atoms with Crippen LogP contribution in [0.2, 0.25) is 0 Å². The van der Waals surface area contributed by atoms with Crippen LogP contribution < -0.4 is 5.32 Å². The highest BCUT2D eigenvalue weighted by Crippen LogP contribution is 2.11. The van der Waals surface area contributed by atoms with Crippen molar-refractivity contribution in [2.24, 2.45) is 0 Å². The van der Waals surface area contributed by atoms with Gasteiger partial charge < -0.3 is 5.32 Å². The van der Waals surface area contributed by atoms with Crippen LogP contribution in [0.1, 0.15) is 26.3 Å². The second-order valence-electron chi connectivity index (χ2n) is 4.40. The molecule has 1 aromatic rings. The maximum Gasteiger partial charge on any atom is 0.154 e. The Labute approximate surface area is 104 Å². The van der Waals surface area contributed by atoms with E-state index in [-0.39, 0.29) is 11.0 Å². The maximum atomic E-state index is 11.6. The zero-order chi connectivity index (χ0) is 12.9. The summed E-state index contributed by atoms with van der Waals surface area (Å²) < 4.78 is 23.2. The zero-order valence-corrected chi connectivity index (χ0v) is 11.5. The van der Waals surface area contributed by atoms with Gasteiger partial charge in [-0.05, 0) is 38.0 Å². The lowest BCUT2D eigenvalue weighted by atomic mass is 10.1. The fourth-order valence-corrected chi connectivity index (χ4v) is 2.33. The minimum Gasteiger partial charge on any atom is -0.384 e. The van der Waals surface area contributed by atoms with E-state index < -0.39 is 9.84 Å². The summed E-state index contributed by atoms with van der Waals surface area (Å²) in [4.78, 5) is 0. The molecule has 0 aliphatic rings. The highest BCUT2D eigenvalue weighted by atomic mass is 32.2. The minimum atomic E-state index is -2.95. The molecule has 0 aromatic heterocycles. The number of hydrogen-bond donors (Lipinski definition) is 1. The van der Waals surface area contributed by atoms with Gasteiger partial charge in [0, 0.05) is 12.2 Å². The van der Waals surface area contributed by atoms with E-state index in [0.29, 0.717) is 6.54 Å². The van der Waals surface area contributed by atoms with Crippen molar-refractivity contribution >= 4 is 15.5 Å². The maximum absolute atomic E-state index is 11.6. The van der Waals surface area contributed by atoms with Crippen molar-refractivity contribution in [3.63, 3.8) is 0 Å². The topological polar surface area (TPSA) is 46.2 Å². The van der Waals surface area contributed by atoms with Crippen LogP contribution in [-0.4, -0.2) is 26.0 Å². The van der Waals surface area contributed by atoms with Crippen molar-refractivity contribution in [1.82, 2.24) is 0 Å². The molecule has 0 aliphatic heterocycles. The normalized spacial score (nSPS) is 11.8. The Balaban J connectivity index is 2.51. The Bertz CT molecular complexity index is 452. The molecule has 0 aliphatic carbocycles. The van der Waals surface area contributed by atoms with Gasteiger partial charge in [-0.3, -0.25) is 0 Å². The van der Waals surface area contributed by atoms with E-state index in [9.17, 15) is 8.42 Å². The largest absolute Gasteiger partial charge is 0.384 e. The molecule has 1 rings (SSSR count). The third-order valence-corrected chi connectivity index (χ3v) is 4.98. The fourth-order valence-electron chi connectivity index (χ4n) is 1.47. The Morgan fingerprint density at radius 1 is 1.29 bits per heavy atom. The van der Waals surface area contributed by atoms with Gasteiger partial charge in [-0.15, -0.1) is 0 Å². The first kappa shape index (κ1) is 14.0. The molecule has 3 nitrogen and oxygen atoms in total. The van der Waals surface area contributed by atoms with Gasteiger partial charge in [0.15, 0.2) is 9.84 Å². The van der Waals surface area contributed by atoms with E-state index in [1.807, 2.05) is 12.1 Å². The number of rotatable bonds is 6. The lowest BCUT2D eigenvalue weighted by Gasteiger charge is -2.10. The van der Waals surface area contributed by atoms with E-state index in [4.69, 9.17) is 0 Å². The first-order valence-electron chi connectivity index (χ1n) is 6.00. The van der Waals surface area contributed by atoms with Gasteiger partial charge in [-0.1, -0.05) is 19.1 Å². The molecule has 0 atom stereocenters. The summed E-state index contributed by atoms with van der Waals surface area (Å²) in [5.74, 6) is 0.182. The summed E-state index contributed by atoms with van der Waals surface area (Å²) in [6.07, 6.45) is 0.986. The van der Waals surface area contributed by atoms with Gasteiger partial charge in [-0.2, -0.15) is 0 Å². The van der Waals surface area contributed by atoms with E-state index in [2.05, 4.69) is 24.4 Å². The monoisotopic (exact) mass is 255 g/mol. The summed E-state index contributed by atoms with van der Waals surface area (Å²) in [6, 6.07) is 8.07. The quantitative estimate of drug-likeness (QED) is 0.849. The average Bonchev–Trinajstić information content (AvgIpc) is 2.29. The van der Waals surface area contributed by atoms with Gasteiger partial charge in [0.05, 0.1) is 11.0 Å². The smallest absolute Gasteiger partial charge is 0.154 e. The van der Waals surface area contributed by atoms with Gasteiger partial charge in [0.2, 0.25) is 0 Å². The molecule has 4 heteroatoms. The molecule has 0 heterocycles. The molecule has 0 saturated heterocycles. The van der Waals surface area contributed by atoms with Crippen LogP contribution in [0.3, 0.4) is 0 Å². The third-order valence-electron chi connectivity index (χ3n) is 2.77. The van der Waals surface area contributed by atoms with Gasteiger partial charge in [0.25, 0.3) is 0 Å². The molecule has 0 bridgehead atoms. The molecule has 1 N–H and O–H groups in total. The van der Waals surface area contributed by atoms with Crippen molar-refractivity contribution in [2.45, 2.75) is 32.4 Å². The minimum absolute atomic E-state index is 0.182. The highest BCUT2D eigenvalue weighted by molar-refractivity contribution is 7.92. The molecule has 0 saturated carbocycles. The van der Waals surface area contributed by atoms with Crippen molar-refractivity contribution < 1.29 is 8.42 Å². The highest BCUT2D eigenvalue weighted by Gasteiger charge is 2.14. The van der Waals surface area contributed by atoms with Crippen LogP contribution in [0, 0.1) is 0 Å². The van der Waals surface area contributed by atoms with Crippen molar-refractivity contribution in [1.29, 1.82) is 0 Å². The molecule has 1 aromatic carbocycles. The Hall–Kier alpha value is -1.03. The summed E-state index contributed by atoms with van der Waals surface area (Å²) in [7, 11) is -2.95. The molecule has 0 amide bonds. The molecule has 0 unspecified atom stereocenters. The number of hydrogen-bond acceptors (Lipinski definition) is 3. The van der Waals surface area contributed by atoms with Crippen LogP contribution in [-0.2, 0) is 16.3 Å². The summed E-state index contributed by atoms with van der Waals surface area (Å²) in [5, 5.41) is 2.85. The summed E-state index contributed by atoms with van der Waals surface area (Å²) in [5.41, 5.74) is 2.24. The van der Waals surface area contributed by atoms with E-state index in [0.717, 1.165) is 12.1 Å². The Morgan fingerprint density at radius 3 is 2.59 bits per heavy atom. The van der Waals surface area contributed by atoms with Crippen LogP contribution in [0.15, 0.2) is 24.3 Å². The van der Waals surface area contributed by atoms with Crippen molar-refractivity contribution in [2.75, 3.05) is 17.6 Å². The van der Waals surface area contributed by atoms with Crippen molar-refractivity contribution in [3.05, 3.63) is 29.8 Å². The molecular formula is C13H21NO2S. The van der Waals surface area contributed by atoms with Crippen LogP contribution in [0.5, 0.6) is 0 Å². The molecular weight excluding hydrogens is 234 g/mol. The van der Waals surface area contributed by atoms with Crippen LogP contribution >= 0.6 is 0 Å². The van der Waals surface area contributed by atoms with E-state index in [1.165, 1.54) is 5.56 Å². The standard InChI is InChI=1S/C13H21NO2S/c1-4-12-6-5-7-13(10-12)14-8-9-17(15,16)11(2)3/h5-7,10-11,14H,4,8-9H2,1-3H3. The second-order valence-corrected chi connectivity index (χ2v) is 7.07. The molecule has 0 fully saturated rings. The first-order valence-corrected chi connectivity index (χ1v) is 7.71. The Kier molecular flexibility index (Phi) is 5.00. The predicted molar refractivity (Wildman–Crippen MR) is 73.2 cm³/mol. The first-order chi connectivity index (χ1) is 7.95. The van der Waals surface area contributed by atoms with E-state index >= 15 is 0 Å². The summed E-state index contributed by atoms with van der Waals surface area (Å²) in [6.45, 7) is 6.00. The zero-order valence-electron chi connectivity index (χ0n) is 10.7. The van der Waals surface area contributed by atoms with Crippen LogP contribution in [0.25, 0.3) is 0 Å². The molecule has 0 spiro atoms. The van der Waals surface area contributed by atoms with E-state index in [1.54, 1.807) is 13.8 Å². The number of anilines is 1. The fraction of sp³-hybridized carbons (Fsp3) is 0.538. The number of nitrogens with one attached hydrogen (secondary N) is 1. The lowest BCUT2D eigenvalue weighted by molar-refractivity contribution is 0.588. The van der Waals surface area contributed by atoms with Crippen molar-refractivity contribution in [3.8, 4) is 0 Å². The molecule has 96 valence electrons. The van der Waals surface area contributed by atoms with Gasteiger partial charge in [0.1, 0.15) is 0 Å². The Morgan fingerprint density at radius 2 is 2.00 bits per heavy atom. The van der Waals surface area contributed by atoms with Gasteiger partial charge in [-0.25, -0.2) is 8.42 Å². The third kappa shape index (κ3) is 4.38. The predicted octanol–water partition coefficient (Wildman–Crippen LogP) is 2.48. The lowest BCUT2D eigenvalue weighted by Crippen LogP contribution is -2.22. The average molecular weight is 255 g/mol. The molecule has 17 heavy (non-hydrogen) atoms. The second kappa shape index (κ2) is 6.05. The SMILES string of the molecule is CCc1cccc(NCCS(=O)(=O)C(C)C)c1. The molecule has 0 radical (unpaired) electrons. The van der Waals surface area contributed by atoms with Crippen LogP contribution in [0.4, 0.5) is 5.69 Å². The number of sulfone groups is 1. The van der Waals surface area contributed by atoms with Gasteiger partial charge >= 0.3 is 0 Å². The summed E-state index contributed by atoms with van der Waals surface area (Å²) >= 11 is 0.